The molecule has 35 heavy (non-hydrogen) atoms. The van der Waals surface area contributed by atoms with Crippen molar-refractivity contribution in [1.82, 2.24) is 0 Å². The molecule has 4 rings (SSSR count). The van der Waals surface area contributed by atoms with Gasteiger partial charge in [-0.1, -0.05) is 74.5 Å². The standard InChI is InChI=1S/C32H34O3/c1-21-13-15-26(17-23(21)3)31(35-33)25-9-7-10-27(19-25)32(5,6)28-11-8-12-29(20-28)34-30-16-14-22(2)24(4)18-30/h7-20,31,33H,1-6H3. The van der Waals surface area contributed by atoms with Crippen molar-refractivity contribution >= 4 is 0 Å². The third-order valence-corrected chi connectivity index (χ3v) is 7.12. The topological polar surface area (TPSA) is 38.7 Å². The van der Waals surface area contributed by atoms with Crippen LogP contribution in [0.5, 0.6) is 11.5 Å². The van der Waals surface area contributed by atoms with Gasteiger partial charge < -0.3 is 4.74 Å². The minimum Gasteiger partial charge on any atom is -0.457 e. The first-order valence-corrected chi connectivity index (χ1v) is 12.0. The second-order valence-corrected chi connectivity index (χ2v) is 9.96. The summed E-state index contributed by atoms with van der Waals surface area (Å²) in [4.78, 5) is 4.97. The summed E-state index contributed by atoms with van der Waals surface area (Å²) in [6.45, 7) is 12.7. The fraction of sp³-hybridized carbons (Fsp3) is 0.250. The normalized spacial score (nSPS) is 12.4. The Balaban J connectivity index is 1.64. The van der Waals surface area contributed by atoms with Crippen LogP contribution in [0.4, 0.5) is 0 Å². The van der Waals surface area contributed by atoms with E-state index in [4.69, 9.17) is 9.62 Å². The lowest BCUT2D eigenvalue weighted by Gasteiger charge is -2.28. The Bertz CT molecular complexity index is 1340. The van der Waals surface area contributed by atoms with E-state index in [-0.39, 0.29) is 5.41 Å². The maximum Gasteiger partial charge on any atom is 0.143 e. The highest BCUT2D eigenvalue weighted by Gasteiger charge is 2.26. The Morgan fingerprint density at radius 1 is 0.600 bits per heavy atom. The van der Waals surface area contributed by atoms with E-state index < -0.39 is 6.10 Å². The van der Waals surface area contributed by atoms with Crippen LogP contribution in [-0.2, 0) is 10.3 Å². The Labute approximate surface area is 208 Å². The third kappa shape index (κ3) is 5.32. The zero-order valence-corrected chi connectivity index (χ0v) is 21.4. The molecule has 1 atom stereocenters. The Morgan fingerprint density at radius 2 is 1.17 bits per heavy atom. The van der Waals surface area contributed by atoms with E-state index in [1.807, 2.05) is 36.4 Å². The van der Waals surface area contributed by atoms with Crippen LogP contribution in [0.1, 0.15) is 64.5 Å². The predicted molar refractivity (Wildman–Crippen MR) is 142 cm³/mol. The average Bonchev–Trinajstić information content (AvgIpc) is 2.84. The van der Waals surface area contributed by atoms with Gasteiger partial charge in [0.1, 0.15) is 17.6 Å². The summed E-state index contributed by atoms with van der Waals surface area (Å²) in [5.41, 5.74) is 8.65. The maximum atomic E-state index is 9.80. The summed E-state index contributed by atoms with van der Waals surface area (Å²) in [6, 6.07) is 28.8. The lowest BCUT2D eigenvalue weighted by molar-refractivity contribution is -0.270. The molecule has 4 aromatic rings. The second-order valence-electron chi connectivity index (χ2n) is 9.96. The molecule has 0 heterocycles. The zero-order valence-electron chi connectivity index (χ0n) is 21.4. The second kappa shape index (κ2) is 10.1. The molecule has 4 aromatic carbocycles. The van der Waals surface area contributed by atoms with Crippen LogP contribution in [0.2, 0.25) is 0 Å². The minimum atomic E-state index is -0.551. The molecule has 0 amide bonds. The molecule has 1 unspecified atom stereocenters. The molecule has 0 saturated carbocycles. The molecule has 0 aliphatic carbocycles. The largest absolute Gasteiger partial charge is 0.457 e. The fourth-order valence-electron chi connectivity index (χ4n) is 4.36. The minimum absolute atomic E-state index is 0.290. The highest BCUT2D eigenvalue weighted by molar-refractivity contribution is 5.45. The Hall–Kier alpha value is -3.40. The summed E-state index contributed by atoms with van der Waals surface area (Å²) in [7, 11) is 0. The van der Waals surface area contributed by atoms with E-state index in [0.717, 1.165) is 33.8 Å². The highest BCUT2D eigenvalue weighted by Crippen LogP contribution is 2.37. The number of rotatable bonds is 7. The lowest BCUT2D eigenvalue weighted by atomic mass is 9.77. The molecule has 0 bridgehead atoms. The van der Waals surface area contributed by atoms with Crippen LogP contribution in [0.3, 0.4) is 0 Å². The van der Waals surface area contributed by atoms with Gasteiger partial charge in [-0.05, 0) is 96.5 Å². The van der Waals surface area contributed by atoms with Gasteiger partial charge in [-0.3, -0.25) is 5.26 Å². The van der Waals surface area contributed by atoms with Gasteiger partial charge in [0.15, 0.2) is 0 Å². The van der Waals surface area contributed by atoms with Crippen LogP contribution >= 0.6 is 0 Å². The van der Waals surface area contributed by atoms with Crippen molar-refractivity contribution in [1.29, 1.82) is 0 Å². The summed E-state index contributed by atoms with van der Waals surface area (Å²) >= 11 is 0. The molecule has 0 saturated heterocycles. The van der Waals surface area contributed by atoms with Crippen LogP contribution in [-0.4, -0.2) is 5.26 Å². The van der Waals surface area contributed by atoms with Gasteiger partial charge in [0.05, 0.1) is 0 Å². The zero-order chi connectivity index (χ0) is 25.2. The molecule has 1 N–H and O–H groups in total. The van der Waals surface area contributed by atoms with Crippen molar-refractivity contribution in [3.8, 4) is 11.5 Å². The molecule has 0 aliphatic rings. The van der Waals surface area contributed by atoms with E-state index in [9.17, 15) is 5.26 Å². The molecular formula is C32H34O3. The smallest absolute Gasteiger partial charge is 0.143 e. The van der Waals surface area contributed by atoms with Crippen LogP contribution in [0.25, 0.3) is 0 Å². The molecule has 0 aromatic heterocycles. The summed E-state index contributed by atoms with van der Waals surface area (Å²) in [6.07, 6.45) is -0.551. The van der Waals surface area contributed by atoms with E-state index in [0.29, 0.717) is 0 Å². The van der Waals surface area contributed by atoms with Gasteiger partial charge in [0, 0.05) is 5.41 Å². The molecule has 0 spiro atoms. The van der Waals surface area contributed by atoms with Crippen molar-refractivity contribution in [3.63, 3.8) is 0 Å². The first-order valence-electron chi connectivity index (χ1n) is 12.0. The number of benzene rings is 4. The van der Waals surface area contributed by atoms with Gasteiger partial charge in [-0.15, -0.1) is 0 Å². The molecule has 0 radical (unpaired) electrons. The van der Waals surface area contributed by atoms with Gasteiger partial charge in [-0.25, -0.2) is 4.89 Å². The van der Waals surface area contributed by atoms with E-state index in [1.165, 1.54) is 22.3 Å². The quantitative estimate of drug-likeness (QED) is 0.219. The third-order valence-electron chi connectivity index (χ3n) is 7.12. The number of hydrogen-bond acceptors (Lipinski definition) is 3. The van der Waals surface area contributed by atoms with Gasteiger partial charge in [0.25, 0.3) is 0 Å². The molecule has 3 nitrogen and oxygen atoms in total. The average molecular weight is 467 g/mol. The molecule has 180 valence electrons. The first kappa shape index (κ1) is 24.7. The molecule has 3 heteroatoms. The van der Waals surface area contributed by atoms with Gasteiger partial charge >= 0.3 is 0 Å². The number of hydrogen-bond donors (Lipinski definition) is 1. The molecular weight excluding hydrogens is 432 g/mol. The van der Waals surface area contributed by atoms with Crippen molar-refractivity contribution < 1.29 is 14.9 Å². The fourth-order valence-corrected chi connectivity index (χ4v) is 4.36. The van der Waals surface area contributed by atoms with Crippen molar-refractivity contribution in [2.45, 2.75) is 53.1 Å². The van der Waals surface area contributed by atoms with Gasteiger partial charge in [0.2, 0.25) is 0 Å². The van der Waals surface area contributed by atoms with E-state index >= 15 is 0 Å². The Kier molecular flexibility index (Phi) is 7.11. The van der Waals surface area contributed by atoms with E-state index in [2.05, 4.69) is 90.1 Å². The lowest BCUT2D eigenvalue weighted by Crippen LogP contribution is -2.19. The predicted octanol–water partition coefficient (Wildman–Crippen LogP) is 8.62. The maximum absolute atomic E-state index is 9.80. The summed E-state index contributed by atoms with van der Waals surface area (Å²) < 4.78 is 6.19. The summed E-state index contributed by atoms with van der Waals surface area (Å²) in [5.74, 6) is 1.64. The highest BCUT2D eigenvalue weighted by atomic mass is 17.1. The van der Waals surface area contributed by atoms with E-state index in [1.54, 1.807) is 0 Å². The van der Waals surface area contributed by atoms with Crippen LogP contribution < -0.4 is 4.74 Å². The van der Waals surface area contributed by atoms with Crippen molar-refractivity contribution in [3.05, 3.63) is 129 Å². The van der Waals surface area contributed by atoms with Crippen molar-refractivity contribution in [2.75, 3.05) is 0 Å². The van der Waals surface area contributed by atoms with Crippen LogP contribution in [0, 0.1) is 27.7 Å². The van der Waals surface area contributed by atoms with Crippen molar-refractivity contribution in [2.24, 2.45) is 0 Å². The first-order chi connectivity index (χ1) is 16.7. The monoisotopic (exact) mass is 466 g/mol. The molecule has 0 aliphatic heterocycles. The SMILES string of the molecule is Cc1ccc(Oc2cccc(C(C)(C)c3cccc(C(OO)c4ccc(C)c(C)c4)c3)c2)cc1C. The molecule has 0 fully saturated rings. The van der Waals surface area contributed by atoms with Gasteiger partial charge in [-0.2, -0.15) is 0 Å². The summed E-state index contributed by atoms with van der Waals surface area (Å²) in [5, 5.41) is 9.80. The number of ether oxygens (including phenoxy) is 1. The number of aryl methyl sites for hydroxylation is 4. The van der Waals surface area contributed by atoms with Crippen LogP contribution in [0.15, 0.2) is 84.9 Å². The Morgan fingerprint density at radius 3 is 1.83 bits per heavy atom.